The van der Waals surface area contributed by atoms with Crippen LogP contribution in [0, 0.1) is 0 Å². The van der Waals surface area contributed by atoms with Crippen LogP contribution >= 0.6 is 0 Å². The van der Waals surface area contributed by atoms with E-state index in [0.29, 0.717) is 13.0 Å². The lowest BCUT2D eigenvalue weighted by Crippen LogP contribution is -2.23. The Morgan fingerprint density at radius 2 is 2.10 bits per heavy atom. The zero-order valence-corrected chi connectivity index (χ0v) is 6.98. The number of ketones is 1. The highest BCUT2D eigenvalue weighted by molar-refractivity contribution is 5.80. The van der Waals surface area contributed by atoms with E-state index in [4.69, 9.17) is 0 Å². The summed E-state index contributed by atoms with van der Waals surface area (Å²) in [5, 5.41) is 2.82. The number of carbonyl (C=O) groups excluding carboxylic acids is 1. The second-order valence-corrected chi connectivity index (χ2v) is 2.62. The van der Waals surface area contributed by atoms with E-state index in [1.807, 2.05) is 19.0 Å². The molecule has 0 fully saturated rings. The third kappa shape index (κ3) is 5.72. The van der Waals surface area contributed by atoms with Gasteiger partial charge >= 0.3 is 0 Å². The normalized spacial score (nSPS) is 10.4. The second-order valence-electron chi connectivity index (χ2n) is 2.62. The molecule has 0 heterocycles. The fourth-order valence-corrected chi connectivity index (χ4v) is 0.634. The molecular weight excluding hydrogens is 128 g/mol. The summed E-state index contributed by atoms with van der Waals surface area (Å²) in [6, 6.07) is 0. The Labute approximate surface area is 62.4 Å². The minimum Gasteiger partial charge on any atom is -0.313 e. The van der Waals surface area contributed by atoms with Gasteiger partial charge in [-0.05, 0) is 21.1 Å². The summed E-state index contributed by atoms with van der Waals surface area (Å²) in [5.41, 5.74) is 0. The number of Topliss-reactive ketones (excluding diaryl/α,β-unsaturated/α-hetero) is 1. The maximum Gasteiger partial charge on any atom is 0.147 e. The fraction of sp³-hybridized carbons (Fsp3) is 0.857. The Kier molecular flexibility index (Phi) is 5.16. The molecule has 3 nitrogen and oxygen atoms in total. The molecule has 0 saturated heterocycles. The molecule has 10 heavy (non-hydrogen) atoms. The van der Waals surface area contributed by atoms with Crippen LogP contribution in [0.25, 0.3) is 0 Å². The first-order valence-electron chi connectivity index (χ1n) is 3.48. The summed E-state index contributed by atoms with van der Waals surface area (Å²) in [4.78, 5) is 12.9. The molecule has 0 aliphatic rings. The summed E-state index contributed by atoms with van der Waals surface area (Å²) >= 11 is 0. The lowest BCUT2D eigenvalue weighted by molar-refractivity contribution is -0.118. The Bertz CT molecular complexity index is 102. The van der Waals surface area contributed by atoms with Gasteiger partial charge < -0.3 is 10.2 Å². The summed E-state index contributed by atoms with van der Waals surface area (Å²) in [7, 11) is 5.72. The van der Waals surface area contributed by atoms with Crippen molar-refractivity contribution >= 4 is 5.78 Å². The van der Waals surface area contributed by atoms with Gasteiger partial charge in [-0.25, -0.2) is 0 Å². The molecule has 60 valence electrons. The summed E-state index contributed by atoms with van der Waals surface area (Å²) in [6.07, 6.45) is 0.647. The minimum atomic E-state index is 0.274. The molecule has 0 saturated carbocycles. The van der Waals surface area contributed by atoms with Gasteiger partial charge in [-0.3, -0.25) is 4.79 Å². The first-order chi connectivity index (χ1) is 4.66. The lowest BCUT2D eigenvalue weighted by atomic mass is 10.3. The van der Waals surface area contributed by atoms with Crippen LogP contribution in [0.1, 0.15) is 6.42 Å². The van der Waals surface area contributed by atoms with E-state index < -0.39 is 0 Å². The van der Waals surface area contributed by atoms with Gasteiger partial charge in [0.1, 0.15) is 5.78 Å². The molecule has 0 aliphatic carbocycles. The van der Waals surface area contributed by atoms with Crippen LogP contribution < -0.4 is 5.32 Å². The molecule has 1 N–H and O–H groups in total. The summed E-state index contributed by atoms with van der Waals surface area (Å²) < 4.78 is 0. The average molecular weight is 144 g/mol. The van der Waals surface area contributed by atoms with Crippen LogP contribution in [0.4, 0.5) is 0 Å². The molecule has 0 atom stereocenters. The topological polar surface area (TPSA) is 32.3 Å². The minimum absolute atomic E-state index is 0.274. The van der Waals surface area contributed by atoms with E-state index >= 15 is 0 Å². The number of nitrogens with zero attached hydrogens (tertiary/aromatic N) is 1. The zero-order chi connectivity index (χ0) is 7.98. The van der Waals surface area contributed by atoms with Gasteiger partial charge in [0.05, 0.1) is 6.54 Å². The number of carbonyl (C=O) groups is 1. The van der Waals surface area contributed by atoms with Crippen molar-refractivity contribution in [1.29, 1.82) is 0 Å². The van der Waals surface area contributed by atoms with Gasteiger partial charge in [-0.2, -0.15) is 0 Å². The highest BCUT2D eigenvalue weighted by Gasteiger charge is 1.99. The summed E-state index contributed by atoms with van der Waals surface area (Å²) in [6.45, 7) is 1.34. The number of likely N-dealkylation sites (N-methyl/N-ethyl adjacent to an activating group) is 1. The van der Waals surface area contributed by atoms with Crippen LogP contribution in [0.15, 0.2) is 0 Å². The molecule has 0 aromatic heterocycles. The first kappa shape index (κ1) is 9.59. The fourth-order valence-electron chi connectivity index (χ4n) is 0.634. The summed E-state index contributed by atoms with van der Waals surface area (Å²) in [5.74, 6) is 0.274. The molecule has 0 radical (unpaired) electrons. The zero-order valence-electron chi connectivity index (χ0n) is 6.98. The van der Waals surface area contributed by atoms with Crippen molar-refractivity contribution in [2.75, 3.05) is 34.2 Å². The molecule has 0 amide bonds. The molecule has 0 rings (SSSR count). The van der Waals surface area contributed by atoms with Crippen LogP contribution in [0.5, 0.6) is 0 Å². The van der Waals surface area contributed by atoms with E-state index in [9.17, 15) is 4.79 Å². The number of nitrogens with one attached hydrogen (secondary N) is 1. The number of rotatable bonds is 5. The van der Waals surface area contributed by atoms with Crippen molar-refractivity contribution in [2.24, 2.45) is 0 Å². The van der Waals surface area contributed by atoms with Crippen LogP contribution in [0.2, 0.25) is 0 Å². The van der Waals surface area contributed by atoms with Gasteiger partial charge in [-0.1, -0.05) is 0 Å². The Balaban J connectivity index is 3.22. The first-order valence-corrected chi connectivity index (χ1v) is 3.48. The molecule has 0 aromatic rings. The molecule has 3 heteroatoms. The number of hydrogen-bond acceptors (Lipinski definition) is 3. The standard InChI is InChI=1S/C7H16N2O/c1-8-6-7(10)4-5-9(2)3/h8H,4-6H2,1-3H3. The maximum atomic E-state index is 10.9. The van der Waals surface area contributed by atoms with Crippen LogP contribution in [0.3, 0.4) is 0 Å². The van der Waals surface area contributed by atoms with Crippen LogP contribution in [-0.2, 0) is 4.79 Å². The van der Waals surface area contributed by atoms with Crippen molar-refractivity contribution in [3.05, 3.63) is 0 Å². The molecular formula is C7H16N2O. The average Bonchev–Trinajstić information content (AvgIpc) is 1.85. The van der Waals surface area contributed by atoms with Crippen molar-refractivity contribution in [3.8, 4) is 0 Å². The number of hydrogen-bond donors (Lipinski definition) is 1. The van der Waals surface area contributed by atoms with Crippen molar-refractivity contribution < 1.29 is 4.79 Å². The van der Waals surface area contributed by atoms with Gasteiger partial charge in [-0.15, -0.1) is 0 Å². The van der Waals surface area contributed by atoms with E-state index in [1.165, 1.54) is 0 Å². The van der Waals surface area contributed by atoms with Crippen molar-refractivity contribution in [2.45, 2.75) is 6.42 Å². The third-order valence-electron chi connectivity index (χ3n) is 1.21. The van der Waals surface area contributed by atoms with Crippen molar-refractivity contribution in [1.82, 2.24) is 10.2 Å². The molecule has 0 unspecified atom stereocenters. The monoisotopic (exact) mass is 144 g/mol. The van der Waals surface area contributed by atoms with E-state index in [1.54, 1.807) is 7.05 Å². The molecule has 0 bridgehead atoms. The van der Waals surface area contributed by atoms with E-state index in [-0.39, 0.29) is 5.78 Å². The van der Waals surface area contributed by atoms with E-state index in [0.717, 1.165) is 6.54 Å². The Hall–Kier alpha value is -0.410. The van der Waals surface area contributed by atoms with Gasteiger partial charge in [0, 0.05) is 13.0 Å². The highest BCUT2D eigenvalue weighted by atomic mass is 16.1. The molecule has 0 aliphatic heterocycles. The maximum absolute atomic E-state index is 10.9. The quantitative estimate of drug-likeness (QED) is 0.576. The largest absolute Gasteiger partial charge is 0.313 e. The second kappa shape index (κ2) is 5.38. The predicted octanol–water partition coefficient (Wildman–Crippen LogP) is -0.273. The highest BCUT2D eigenvalue weighted by Crippen LogP contribution is 1.83. The molecule has 0 spiro atoms. The van der Waals surface area contributed by atoms with Gasteiger partial charge in [0.15, 0.2) is 0 Å². The third-order valence-corrected chi connectivity index (χ3v) is 1.21. The van der Waals surface area contributed by atoms with Gasteiger partial charge in [0.2, 0.25) is 0 Å². The smallest absolute Gasteiger partial charge is 0.147 e. The lowest BCUT2D eigenvalue weighted by Gasteiger charge is -2.07. The van der Waals surface area contributed by atoms with Crippen molar-refractivity contribution in [3.63, 3.8) is 0 Å². The Morgan fingerprint density at radius 3 is 2.50 bits per heavy atom. The molecule has 0 aromatic carbocycles. The Morgan fingerprint density at radius 1 is 1.50 bits per heavy atom. The predicted molar refractivity (Wildman–Crippen MR) is 42.1 cm³/mol. The SMILES string of the molecule is CNCC(=O)CCN(C)C. The van der Waals surface area contributed by atoms with E-state index in [2.05, 4.69) is 5.32 Å². The van der Waals surface area contributed by atoms with Gasteiger partial charge in [0.25, 0.3) is 0 Å². The van der Waals surface area contributed by atoms with Crippen LogP contribution in [-0.4, -0.2) is 44.9 Å².